The second kappa shape index (κ2) is 5.17. The fourth-order valence-electron chi connectivity index (χ4n) is 2.21. The lowest BCUT2D eigenvalue weighted by Crippen LogP contribution is -1.94. The normalized spacial score (nSPS) is 10.7. The van der Waals surface area contributed by atoms with Crippen molar-refractivity contribution in [1.29, 1.82) is 0 Å². The van der Waals surface area contributed by atoms with Crippen LogP contribution in [0.1, 0.15) is 5.56 Å². The number of rotatable bonds is 2. The van der Waals surface area contributed by atoms with Crippen LogP contribution in [0.2, 0.25) is 0 Å². The molecule has 0 radical (unpaired) electrons. The highest BCUT2D eigenvalue weighted by Crippen LogP contribution is 2.26. The molecule has 0 aromatic heterocycles. The van der Waals surface area contributed by atoms with Gasteiger partial charge in [0.2, 0.25) is 0 Å². The minimum Gasteiger partial charge on any atom is -0.399 e. The Balaban J connectivity index is 1.94. The Morgan fingerprint density at radius 2 is 1.50 bits per heavy atom. The van der Waals surface area contributed by atoms with Crippen molar-refractivity contribution in [2.45, 2.75) is 6.92 Å². The Hall–Kier alpha value is -2.00. The van der Waals surface area contributed by atoms with Crippen LogP contribution in [0, 0.1) is 6.92 Å². The number of nitrogen functional groups attached to an aromatic ring is 1. The van der Waals surface area contributed by atoms with E-state index in [9.17, 15) is 0 Å². The van der Waals surface area contributed by atoms with Gasteiger partial charge in [-0.05, 0) is 65.7 Å². The summed E-state index contributed by atoms with van der Waals surface area (Å²) in [6, 6.07) is 18.6. The highest BCUT2D eigenvalue weighted by molar-refractivity contribution is 9.10. The van der Waals surface area contributed by atoms with Crippen molar-refractivity contribution < 1.29 is 0 Å². The SMILES string of the molecule is Cc1cc(Nc2ccc3cc(Br)ccc3c2)ccc1N. The largest absolute Gasteiger partial charge is 0.399 e. The summed E-state index contributed by atoms with van der Waals surface area (Å²) in [5.41, 5.74) is 9.86. The molecule has 20 heavy (non-hydrogen) atoms. The number of fused-ring (bicyclic) bond motifs is 1. The monoisotopic (exact) mass is 326 g/mol. The van der Waals surface area contributed by atoms with Gasteiger partial charge in [-0.3, -0.25) is 0 Å². The zero-order valence-corrected chi connectivity index (χ0v) is 12.7. The predicted octanol–water partition coefficient (Wildman–Crippen LogP) is 5.24. The minimum atomic E-state index is 0.818. The van der Waals surface area contributed by atoms with E-state index in [-0.39, 0.29) is 0 Å². The molecule has 0 fully saturated rings. The molecule has 3 aromatic rings. The summed E-state index contributed by atoms with van der Waals surface area (Å²) in [4.78, 5) is 0. The molecule has 0 atom stereocenters. The molecule has 0 saturated carbocycles. The summed E-state index contributed by atoms with van der Waals surface area (Å²) in [7, 11) is 0. The van der Waals surface area contributed by atoms with E-state index in [4.69, 9.17) is 5.73 Å². The number of nitrogens with one attached hydrogen (secondary N) is 1. The van der Waals surface area contributed by atoms with Crippen molar-refractivity contribution in [3.63, 3.8) is 0 Å². The van der Waals surface area contributed by atoms with Gasteiger partial charge in [-0.2, -0.15) is 0 Å². The van der Waals surface area contributed by atoms with E-state index in [2.05, 4.69) is 63.7 Å². The van der Waals surface area contributed by atoms with E-state index < -0.39 is 0 Å². The standard InChI is InChI=1S/C17H15BrN2/c1-11-8-15(6-7-17(11)19)20-16-5-3-12-9-14(18)4-2-13(12)10-16/h2-10,20H,19H2,1H3. The lowest BCUT2D eigenvalue weighted by Gasteiger charge is -2.10. The second-order valence-corrected chi connectivity index (χ2v) is 5.82. The van der Waals surface area contributed by atoms with Gasteiger partial charge in [0, 0.05) is 21.5 Å². The first kappa shape index (κ1) is 13.0. The maximum absolute atomic E-state index is 5.84. The number of halogens is 1. The van der Waals surface area contributed by atoms with Crippen molar-refractivity contribution in [2.75, 3.05) is 11.1 Å². The molecule has 2 nitrogen and oxygen atoms in total. The summed E-state index contributed by atoms with van der Waals surface area (Å²) in [6.45, 7) is 2.01. The van der Waals surface area contributed by atoms with Crippen LogP contribution in [0.25, 0.3) is 10.8 Å². The highest BCUT2D eigenvalue weighted by Gasteiger charge is 2.00. The van der Waals surface area contributed by atoms with Crippen molar-refractivity contribution in [1.82, 2.24) is 0 Å². The Bertz CT molecular complexity index is 781. The maximum Gasteiger partial charge on any atom is 0.0390 e. The van der Waals surface area contributed by atoms with Crippen LogP contribution in [0.3, 0.4) is 0 Å². The van der Waals surface area contributed by atoms with Crippen LogP contribution in [-0.4, -0.2) is 0 Å². The first-order chi connectivity index (χ1) is 9.61. The Morgan fingerprint density at radius 1 is 0.850 bits per heavy atom. The van der Waals surface area contributed by atoms with Crippen molar-refractivity contribution in [3.8, 4) is 0 Å². The fourth-order valence-corrected chi connectivity index (χ4v) is 2.59. The molecule has 0 saturated heterocycles. The van der Waals surface area contributed by atoms with Gasteiger partial charge in [0.25, 0.3) is 0 Å². The molecule has 3 rings (SSSR count). The molecule has 0 spiro atoms. The zero-order valence-electron chi connectivity index (χ0n) is 11.2. The van der Waals surface area contributed by atoms with E-state index in [0.29, 0.717) is 0 Å². The number of nitrogens with two attached hydrogens (primary N) is 1. The molecule has 0 aliphatic rings. The molecule has 3 heteroatoms. The third kappa shape index (κ3) is 2.63. The van der Waals surface area contributed by atoms with E-state index in [1.807, 2.05) is 19.1 Å². The van der Waals surface area contributed by atoms with Gasteiger partial charge in [0.05, 0.1) is 0 Å². The van der Waals surface area contributed by atoms with Crippen LogP contribution >= 0.6 is 15.9 Å². The number of hydrogen-bond donors (Lipinski definition) is 2. The molecule has 0 unspecified atom stereocenters. The summed E-state index contributed by atoms with van der Waals surface area (Å²) in [6.07, 6.45) is 0. The quantitative estimate of drug-likeness (QED) is 0.632. The van der Waals surface area contributed by atoms with Crippen LogP contribution in [-0.2, 0) is 0 Å². The van der Waals surface area contributed by atoms with Crippen LogP contribution in [0.4, 0.5) is 17.1 Å². The number of hydrogen-bond acceptors (Lipinski definition) is 2. The molecule has 0 aliphatic heterocycles. The van der Waals surface area contributed by atoms with E-state index in [0.717, 1.165) is 27.1 Å². The van der Waals surface area contributed by atoms with Crippen LogP contribution in [0.5, 0.6) is 0 Å². The lowest BCUT2D eigenvalue weighted by atomic mass is 10.1. The molecule has 3 aromatic carbocycles. The second-order valence-electron chi connectivity index (χ2n) is 4.90. The summed E-state index contributed by atoms with van der Waals surface area (Å²) < 4.78 is 1.10. The Kier molecular flexibility index (Phi) is 3.36. The number of anilines is 3. The third-order valence-electron chi connectivity index (χ3n) is 3.36. The molecule has 3 N–H and O–H groups in total. The summed E-state index contributed by atoms with van der Waals surface area (Å²) in [5.74, 6) is 0. The van der Waals surface area contributed by atoms with E-state index >= 15 is 0 Å². The minimum absolute atomic E-state index is 0.818. The van der Waals surface area contributed by atoms with E-state index in [1.54, 1.807) is 0 Å². The van der Waals surface area contributed by atoms with Crippen molar-refractivity contribution in [2.24, 2.45) is 0 Å². The number of aryl methyl sites for hydroxylation is 1. The Morgan fingerprint density at radius 3 is 2.30 bits per heavy atom. The van der Waals surface area contributed by atoms with Gasteiger partial charge in [0.1, 0.15) is 0 Å². The fraction of sp³-hybridized carbons (Fsp3) is 0.0588. The van der Waals surface area contributed by atoms with Crippen molar-refractivity contribution in [3.05, 3.63) is 64.6 Å². The smallest absolute Gasteiger partial charge is 0.0390 e. The van der Waals surface area contributed by atoms with Gasteiger partial charge >= 0.3 is 0 Å². The topological polar surface area (TPSA) is 38.0 Å². The zero-order chi connectivity index (χ0) is 14.1. The molecule has 100 valence electrons. The summed E-state index contributed by atoms with van der Waals surface area (Å²) in [5, 5.41) is 5.85. The van der Waals surface area contributed by atoms with Gasteiger partial charge in [-0.15, -0.1) is 0 Å². The average Bonchev–Trinajstić information content (AvgIpc) is 2.43. The Labute approximate surface area is 126 Å². The van der Waals surface area contributed by atoms with Gasteiger partial charge < -0.3 is 11.1 Å². The predicted molar refractivity (Wildman–Crippen MR) is 90.5 cm³/mol. The van der Waals surface area contributed by atoms with Gasteiger partial charge in [0.15, 0.2) is 0 Å². The molecule has 0 heterocycles. The van der Waals surface area contributed by atoms with Gasteiger partial charge in [-0.1, -0.05) is 28.1 Å². The first-order valence-electron chi connectivity index (χ1n) is 6.44. The molecule has 0 aliphatic carbocycles. The summed E-state index contributed by atoms with van der Waals surface area (Å²) >= 11 is 3.49. The molecular formula is C17H15BrN2. The highest BCUT2D eigenvalue weighted by atomic mass is 79.9. The maximum atomic E-state index is 5.84. The third-order valence-corrected chi connectivity index (χ3v) is 3.85. The van der Waals surface area contributed by atoms with Gasteiger partial charge in [-0.25, -0.2) is 0 Å². The van der Waals surface area contributed by atoms with E-state index in [1.165, 1.54) is 10.8 Å². The lowest BCUT2D eigenvalue weighted by molar-refractivity contribution is 1.45. The average molecular weight is 327 g/mol. The first-order valence-corrected chi connectivity index (χ1v) is 7.23. The van der Waals surface area contributed by atoms with Crippen LogP contribution < -0.4 is 11.1 Å². The molecule has 0 amide bonds. The van der Waals surface area contributed by atoms with Crippen LogP contribution in [0.15, 0.2) is 59.1 Å². The molecule has 0 bridgehead atoms. The number of benzene rings is 3. The van der Waals surface area contributed by atoms with Crippen molar-refractivity contribution >= 4 is 43.8 Å². The molecular weight excluding hydrogens is 312 g/mol.